The van der Waals surface area contributed by atoms with Crippen molar-refractivity contribution in [2.24, 2.45) is 0 Å². The van der Waals surface area contributed by atoms with Crippen LogP contribution in [0.15, 0.2) is 48.5 Å². The standard InChI is InChI=1S/C15H11ClO2/c1-10-7-8-12(13(16)9-10)15(18)14(17)11-5-3-2-4-6-11/h2-9H,1H3. The van der Waals surface area contributed by atoms with E-state index in [1.54, 1.807) is 48.5 Å². The van der Waals surface area contributed by atoms with Crippen molar-refractivity contribution in [2.75, 3.05) is 0 Å². The van der Waals surface area contributed by atoms with E-state index in [9.17, 15) is 9.59 Å². The van der Waals surface area contributed by atoms with Crippen molar-refractivity contribution >= 4 is 23.2 Å². The number of hydrogen-bond acceptors (Lipinski definition) is 2. The highest BCUT2D eigenvalue weighted by molar-refractivity contribution is 6.51. The maximum absolute atomic E-state index is 12.0. The van der Waals surface area contributed by atoms with Crippen LogP contribution in [0.2, 0.25) is 5.02 Å². The van der Waals surface area contributed by atoms with E-state index in [0.717, 1.165) is 5.56 Å². The second-order valence-electron chi connectivity index (χ2n) is 4.01. The molecule has 0 N–H and O–H groups in total. The Morgan fingerprint density at radius 2 is 1.61 bits per heavy atom. The lowest BCUT2D eigenvalue weighted by Crippen LogP contribution is -2.14. The average Bonchev–Trinajstić information content (AvgIpc) is 2.38. The van der Waals surface area contributed by atoms with E-state index in [0.29, 0.717) is 10.6 Å². The van der Waals surface area contributed by atoms with Crippen molar-refractivity contribution in [3.05, 3.63) is 70.2 Å². The lowest BCUT2D eigenvalue weighted by atomic mass is 10.0. The van der Waals surface area contributed by atoms with Gasteiger partial charge < -0.3 is 0 Å². The normalized spacial score (nSPS) is 10.1. The number of hydrogen-bond donors (Lipinski definition) is 0. The molecule has 0 saturated carbocycles. The topological polar surface area (TPSA) is 34.1 Å². The number of rotatable bonds is 3. The molecule has 0 unspecified atom stereocenters. The maximum Gasteiger partial charge on any atom is 0.235 e. The Balaban J connectivity index is 2.35. The summed E-state index contributed by atoms with van der Waals surface area (Å²) in [6.07, 6.45) is 0. The Labute approximate surface area is 110 Å². The Kier molecular flexibility index (Phi) is 3.58. The first-order chi connectivity index (χ1) is 8.59. The Morgan fingerprint density at radius 1 is 0.944 bits per heavy atom. The molecule has 0 aromatic heterocycles. The highest BCUT2D eigenvalue weighted by Crippen LogP contribution is 2.19. The minimum absolute atomic E-state index is 0.246. The van der Waals surface area contributed by atoms with E-state index in [1.165, 1.54) is 0 Å². The molecule has 2 aromatic carbocycles. The van der Waals surface area contributed by atoms with E-state index in [1.807, 2.05) is 6.92 Å². The first-order valence-electron chi connectivity index (χ1n) is 5.50. The van der Waals surface area contributed by atoms with Gasteiger partial charge in [0.1, 0.15) is 0 Å². The molecule has 0 fully saturated rings. The SMILES string of the molecule is Cc1ccc(C(=O)C(=O)c2ccccc2)c(Cl)c1. The largest absolute Gasteiger partial charge is 0.285 e. The van der Waals surface area contributed by atoms with Crippen molar-refractivity contribution in [1.82, 2.24) is 0 Å². The van der Waals surface area contributed by atoms with Crippen LogP contribution in [0.5, 0.6) is 0 Å². The molecule has 2 aromatic rings. The van der Waals surface area contributed by atoms with Crippen LogP contribution in [-0.4, -0.2) is 11.6 Å². The van der Waals surface area contributed by atoms with Gasteiger partial charge in [-0.1, -0.05) is 48.0 Å². The molecule has 0 aliphatic heterocycles. The zero-order chi connectivity index (χ0) is 13.1. The van der Waals surface area contributed by atoms with E-state index in [2.05, 4.69) is 0 Å². The molecule has 0 aliphatic carbocycles. The minimum atomic E-state index is -0.578. The van der Waals surface area contributed by atoms with Crippen LogP contribution in [0.4, 0.5) is 0 Å². The van der Waals surface area contributed by atoms with Crippen molar-refractivity contribution in [3.8, 4) is 0 Å². The van der Waals surface area contributed by atoms with Gasteiger partial charge in [-0.05, 0) is 24.6 Å². The van der Waals surface area contributed by atoms with Gasteiger partial charge in [-0.25, -0.2) is 0 Å². The maximum atomic E-state index is 12.0. The summed E-state index contributed by atoms with van der Waals surface area (Å²) in [6, 6.07) is 13.5. The van der Waals surface area contributed by atoms with E-state index >= 15 is 0 Å². The summed E-state index contributed by atoms with van der Waals surface area (Å²) in [6.45, 7) is 1.87. The van der Waals surface area contributed by atoms with Gasteiger partial charge in [-0.2, -0.15) is 0 Å². The molecule has 2 nitrogen and oxygen atoms in total. The van der Waals surface area contributed by atoms with Crippen LogP contribution < -0.4 is 0 Å². The molecule has 18 heavy (non-hydrogen) atoms. The number of Topliss-reactive ketones (excluding diaryl/α,β-unsaturated/α-hetero) is 2. The number of benzene rings is 2. The first-order valence-corrected chi connectivity index (χ1v) is 5.87. The highest BCUT2D eigenvalue weighted by Gasteiger charge is 2.20. The second kappa shape index (κ2) is 5.15. The Morgan fingerprint density at radius 3 is 2.22 bits per heavy atom. The Bertz CT molecular complexity index is 603. The van der Waals surface area contributed by atoms with Gasteiger partial charge in [0, 0.05) is 11.1 Å². The van der Waals surface area contributed by atoms with Crippen LogP contribution in [0.25, 0.3) is 0 Å². The van der Waals surface area contributed by atoms with E-state index < -0.39 is 11.6 Å². The summed E-state index contributed by atoms with van der Waals surface area (Å²) in [4.78, 5) is 24.0. The summed E-state index contributed by atoms with van der Waals surface area (Å²) in [5, 5.41) is 0.310. The molecule has 3 heteroatoms. The van der Waals surface area contributed by atoms with Crippen LogP contribution in [0, 0.1) is 6.92 Å². The average molecular weight is 259 g/mol. The van der Waals surface area contributed by atoms with Crippen LogP contribution in [-0.2, 0) is 0 Å². The van der Waals surface area contributed by atoms with Crippen LogP contribution in [0.3, 0.4) is 0 Å². The fourth-order valence-electron chi connectivity index (χ4n) is 1.65. The van der Waals surface area contributed by atoms with Gasteiger partial charge in [0.05, 0.1) is 5.02 Å². The van der Waals surface area contributed by atoms with Crippen LogP contribution in [0.1, 0.15) is 26.3 Å². The molecule has 0 bridgehead atoms. The fraction of sp³-hybridized carbons (Fsp3) is 0.0667. The van der Waals surface area contributed by atoms with E-state index in [-0.39, 0.29) is 5.56 Å². The molecule has 90 valence electrons. The molecule has 0 atom stereocenters. The fourth-order valence-corrected chi connectivity index (χ4v) is 1.97. The van der Waals surface area contributed by atoms with Gasteiger partial charge in [-0.3, -0.25) is 9.59 Å². The van der Waals surface area contributed by atoms with Gasteiger partial charge in [-0.15, -0.1) is 0 Å². The number of carbonyl (C=O) groups is 2. The minimum Gasteiger partial charge on any atom is -0.285 e. The molecule has 0 saturated heterocycles. The lowest BCUT2D eigenvalue weighted by molar-refractivity contribution is 0.0817. The summed E-state index contributed by atoms with van der Waals surface area (Å²) in [5.41, 5.74) is 1.57. The third kappa shape index (κ3) is 2.49. The molecule has 2 rings (SSSR count). The molecular formula is C15H11ClO2. The van der Waals surface area contributed by atoms with Gasteiger partial charge in [0.25, 0.3) is 0 Å². The highest BCUT2D eigenvalue weighted by atomic mass is 35.5. The predicted octanol–water partition coefficient (Wildman–Crippen LogP) is 3.71. The van der Waals surface area contributed by atoms with Crippen LogP contribution >= 0.6 is 11.6 Å². The third-order valence-electron chi connectivity index (χ3n) is 2.61. The van der Waals surface area contributed by atoms with Gasteiger partial charge in [0.2, 0.25) is 11.6 Å². The van der Waals surface area contributed by atoms with Crippen molar-refractivity contribution < 1.29 is 9.59 Å². The molecular weight excluding hydrogens is 248 g/mol. The zero-order valence-corrected chi connectivity index (χ0v) is 10.6. The van der Waals surface area contributed by atoms with Crippen molar-refractivity contribution in [2.45, 2.75) is 6.92 Å². The monoisotopic (exact) mass is 258 g/mol. The molecule has 0 spiro atoms. The molecule has 0 aliphatic rings. The number of aryl methyl sites for hydroxylation is 1. The lowest BCUT2D eigenvalue weighted by Gasteiger charge is -2.04. The zero-order valence-electron chi connectivity index (χ0n) is 9.81. The van der Waals surface area contributed by atoms with Gasteiger partial charge >= 0.3 is 0 Å². The first kappa shape index (κ1) is 12.5. The predicted molar refractivity (Wildman–Crippen MR) is 71.3 cm³/mol. The summed E-state index contributed by atoms with van der Waals surface area (Å²) in [5.74, 6) is -1.12. The summed E-state index contributed by atoms with van der Waals surface area (Å²) < 4.78 is 0. The second-order valence-corrected chi connectivity index (χ2v) is 4.41. The van der Waals surface area contributed by atoms with Gasteiger partial charge in [0.15, 0.2) is 0 Å². The quantitative estimate of drug-likeness (QED) is 0.621. The molecule has 0 radical (unpaired) electrons. The smallest absolute Gasteiger partial charge is 0.235 e. The summed E-state index contributed by atoms with van der Waals surface area (Å²) in [7, 11) is 0. The number of halogens is 1. The summed E-state index contributed by atoms with van der Waals surface area (Å²) >= 11 is 5.98. The number of carbonyl (C=O) groups excluding carboxylic acids is 2. The number of ketones is 2. The van der Waals surface area contributed by atoms with E-state index in [4.69, 9.17) is 11.6 Å². The van der Waals surface area contributed by atoms with Crippen molar-refractivity contribution in [1.29, 1.82) is 0 Å². The Hall–Kier alpha value is -1.93. The molecule has 0 heterocycles. The van der Waals surface area contributed by atoms with Crippen molar-refractivity contribution in [3.63, 3.8) is 0 Å². The third-order valence-corrected chi connectivity index (χ3v) is 2.92. The molecule has 0 amide bonds.